The van der Waals surface area contributed by atoms with Crippen molar-refractivity contribution in [1.82, 2.24) is 5.32 Å². The van der Waals surface area contributed by atoms with E-state index in [1.165, 1.54) is 5.56 Å². The van der Waals surface area contributed by atoms with Crippen LogP contribution in [0.5, 0.6) is 0 Å². The van der Waals surface area contributed by atoms with E-state index >= 15 is 0 Å². The smallest absolute Gasteiger partial charge is 0.171 e. The summed E-state index contributed by atoms with van der Waals surface area (Å²) in [5.74, 6) is 0.585. The van der Waals surface area contributed by atoms with Crippen LogP contribution in [0.3, 0.4) is 0 Å². The molecule has 22 heavy (non-hydrogen) atoms. The lowest BCUT2D eigenvalue weighted by molar-refractivity contribution is 0.734. The second kappa shape index (κ2) is 8.16. The molecule has 2 N–H and O–H groups in total. The van der Waals surface area contributed by atoms with Gasteiger partial charge < -0.3 is 10.6 Å². The minimum absolute atomic E-state index is 0.585. The second-order valence-corrected chi connectivity index (χ2v) is 6.21. The van der Waals surface area contributed by atoms with Crippen LogP contribution in [-0.2, 0) is 6.54 Å². The molecule has 0 amide bonds. The number of rotatable bonds is 5. The number of thiocarbonyl (C=S) groups is 1. The minimum Gasteiger partial charge on any atom is -0.358 e. The maximum Gasteiger partial charge on any atom is 0.171 e. The molecule has 4 heteroatoms. The van der Waals surface area contributed by atoms with Gasteiger partial charge in [0.2, 0.25) is 0 Å². The quantitative estimate of drug-likeness (QED) is 0.723. The van der Waals surface area contributed by atoms with Crippen molar-refractivity contribution in [1.29, 1.82) is 0 Å². The normalized spacial score (nSPS) is 11.8. The monoisotopic (exact) mass is 332 g/mol. The molecule has 0 aliphatic heterocycles. The molecule has 0 heterocycles. The average Bonchev–Trinajstić information content (AvgIpc) is 2.53. The maximum absolute atomic E-state index is 5.97. The highest BCUT2D eigenvalue weighted by Gasteiger charge is 2.03. The molecule has 0 saturated heterocycles. The van der Waals surface area contributed by atoms with Crippen molar-refractivity contribution < 1.29 is 0 Å². The number of nitrogens with one attached hydrogen (secondary N) is 2. The molecule has 2 aromatic rings. The van der Waals surface area contributed by atoms with Crippen molar-refractivity contribution in [3.05, 3.63) is 64.7 Å². The molecule has 0 aliphatic rings. The zero-order chi connectivity index (χ0) is 15.9. The van der Waals surface area contributed by atoms with Gasteiger partial charge in [-0.25, -0.2) is 0 Å². The lowest BCUT2D eigenvalue weighted by atomic mass is 9.99. The van der Waals surface area contributed by atoms with E-state index in [4.69, 9.17) is 23.8 Å². The first-order valence-electron chi connectivity index (χ1n) is 7.47. The van der Waals surface area contributed by atoms with Gasteiger partial charge >= 0.3 is 0 Å². The molecule has 0 aliphatic carbocycles. The zero-order valence-electron chi connectivity index (χ0n) is 12.9. The summed E-state index contributed by atoms with van der Waals surface area (Å²) >= 11 is 11.3. The van der Waals surface area contributed by atoms with Gasteiger partial charge in [-0.15, -0.1) is 0 Å². The van der Waals surface area contributed by atoms with Gasteiger partial charge in [0.15, 0.2) is 5.11 Å². The van der Waals surface area contributed by atoms with Crippen molar-refractivity contribution in [2.75, 3.05) is 5.32 Å². The minimum atomic E-state index is 0.585. The van der Waals surface area contributed by atoms with Gasteiger partial charge in [0.25, 0.3) is 0 Å². The summed E-state index contributed by atoms with van der Waals surface area (Å²) in [4.78, 5) is 0. The Morgan fingerprint density at radius 2 is 1.91 bits per heavy atom. The van der Waals surface area contributed by atoms with Crippen molar-refractivity contribution in [3.8, 4) is 0 Å². The first-order valence-corrected chi connectivity index (χ1v) is 8.26. The number of halogens is 1. The molecule has 0 spiro atoms. The highest BCUT2D eigenvalue weighted by atomic mass is 35.5. The van der Waals surface area contributed by atoms with Crippen LogP contribution in [0, 0.1) is 0 Å². The number of hydrogen-bond donors (Lipinski definition) is 2. The molecule has 0 bridgehead atoms. The van der Waals surface area contributed by atoms with Crippen LogP contribution in [0.25, 0.3) is 0 Å². The van der Waals surface area contributed by atoms with E-state index in [0.29, 0.717) is 17.6 Å². The fraction of sp³-hybridized carbons (Fsp3) is 0.278. The Kier molecular flexibility index (Phi) is 6.22. The molecule has 0 radical (unpaired) electrons. The van der Waals surface area contributed by atoms with E-state index in [1.807, 2.05) is 24.3 Å². The molecule has 1 unspecified atom stereocenters. The molecule has 2 rings (SSSR count). The van der Waals surface area contributed by atoms with Crippen LogP contribution in [0.4, 0.5) is 5.69 Å². The summed E-state index contributed by atoms with van der Waals surface area (Å²) in [5, 5.41) is 7.73. The average molecular weight is 333 g/mol. The van der Waals surface area contributed by atoms with Crippen LogP contribution in [0.1, 0.15) is 37.3 Å². The van der Waals surface area contributed by atoms with E-state index in [-0.39, 0.29) is 0 Å². The summed E-state index contributed by atoms with van der Waals surface area (Å²) in [7, 11) is 0. The van der Waals surface area contributed by atoms with E-state index < -0.39 is 0 Å². The Balaban J connectivity index is 1.86. The first kappa shape index (κ1) is 16.8. The lowest BCUT2D eigenvalue weighted by Gasteiger charge is -2.13. The first-order chi connectivity index (χ1) is 10.6. The van der Waals surface area contributed by atoms with Crippen molar-refractivity contribution >= 4 is 34.6 Å². The van der Waals surface area contributed by atoms with E-state index in [2.05, 4.69) is 48.7 Å². The standard InChI is InChI=1S/C18H21ClN2S/c1-3-13(2)15-7-9-17(10-8-15)21-18(22)20-12-14-5-4-6-16(19)11-14/h4-11,13H,3,12H2,1-2H3,(H2,20,21,22). The lowest BCUT2D eigenvalue weighted by Crippen LogP contribution is -2.27. The molecular formula is C18H21ClN2S. The summed E-state index contributed by atoms with van der Waals surface area (Å²) in [6.45, 7) is 5.09. The van der Waals surface area contributed by atoms with Crippen molar-refractivity contribution in [3.63, 3.8) is 0 Å². The van der Waals surface area contributed by atoms with Gasteiger partial charge in [-0.2, -0.15) is 0 Å². The van der Waals surface area contributed by atoms with E-state index in [0.717, 1.165) is 22.7 Å². The molecule has 116 valence electrons. The van der Waals surface area contributed by atoms with Crippen LogP contribution in [-0.4, -0.2) is 5.11 Å². The summed E-state index contributed by atoms with van der Waals surface area (Å²) in [6.07, 6.45) is 1.15. The Morgan fingerprint density at radius 3 is 2.55 bits per heavy atom. The fourth-order valence-corrected chi connectivity index (χ4v) is 2.54. The molecule has 0 aromatic heterocycles. The second-order valence-electron chi connectivity index (χ2n) is 5.37. The number of hydrogen-bond acceptors (Lipinski definition) is 1. The summed E-state index contributed by atoms with van der Waals surface area (Å²) in [5.41, 5.74) is 3.45. The summed E-state index contributed by atoms with van der Waals surface area (Å²) < 4.78 is 0. The third-order valence-corrected chi connectivity index (χ3v) is 4.17. The number of benzene rings is 2. The molecule has 1 atom stereocenters. The number of anilines is 1. The van der Waals surface area contributed by atoms with Gasteiger partial charge in [0.05, 0.1) is 0 Å². The van der Waals surface area contributed by atoms with Gasteiger partial charge in [0.1, 0.15) is 0 Å². The van der Waals surface area contributed by atoms with E-state index in [9.17, 15) is 0 Å². The SMILES string of the molecule is CCC(C)c1ccc(NC(=S)NCc2cccc(Cl)c2)cc1. The van der Waals surface area contributed by atoms with Crippen molar-refractivity contribution in [2.45, 2.75) is 32.7 Å². The molecule has 2 aromatic carbocycles. The van der Waals surface area contributed by atoms with Crippen molar-refractivity contribution in [2.24, 2.45) is 0 Å². The van der Waals surface area contributed by atoms with Gasteiger partial charge in [-0.05, 0) is 59.9 Å². The summed E-state index contributed by atoms with van der Waals surface area (Å²) in [6, 6.07) is 16.2. The Morgan fingerprint density at radius 1 is 1.18 bits per heavy atom. The molecular weight excluding hydrogens is 312 g/mol. The zero-order valence-corrected chi connectivity index (χ0v) is 14.5. The third-order valence-electron chi connectivity index (χ3n) is 3.69. The Bertz CT molecular complexity index is 625. The highest BCUT2D eigenvalue weighted by Crippen LogP contribution is 2.20. The van der Waals surface area contributed by atoms with Gasteiger partial charge in [-0.3, -0.25) is 0 Å². The fourth-order valence-electron chi connectivity index (χ4n) is 2.14. The van der Waals surface area contributed by atoms with Gasteiger partial charge in [0, 0.05) is 17.3 Å². The van der Waals surface area contributed by atoms with Crippen LogP contribution in [0.15, 0.2) is 48.5 Å². The predicted molar refractivity (Wildman–Crippen MR) is 99.7 cm³/mol. The van der Waals surface area contributed by atoms with E-state index in [1.54, 1.807) is 0 Å². The molecule has 0 fully saturated rings. The maximum atomic E-state index is 5.97. The predicted octanol–water partition coefficient (Wildman–Crippen LogP) is 5.34. The topological polar surface area (TPSA) is 24.1 Å². The third kappa shape index (κ3) is 5.00. The molecule has 2 nitrogen and oxygen atoms in total. The Hall–Kier alpha value is -1.58. The molecule has 0 saturated carbocycles. The van der Waals surface area contributed by atoms with Crippen LogP contribution in [0.2, 0.25) is 5.02 Å². The highest BCUT2D eigenvalue weighted by molar-refractivity contribution is 7.80. The van der Waals surface area contributed by atoms with Gasteiger partial charge in [-0.1, -0.05) is 49.7 Å². The largest absolute Gasteiger partial charge is 0.358 e. The Labute approximate surface area is 142 Å². The van der Waals surface area contributed by atoms with Crippen LogP contribution >= 0.6 is 23.8 Å². The van der Waals surface area contributed by atoms with Crippen LogP contribution < -0.4 is 10.6 Å².